The van der Waals surface area contributed by atoms with Gasteiger partial charge in [0.15, 0.2) is 11.5 Å². The van der Waals surface area contributed by atoms with Crippen molar-refractivity contribution in [2.45, 2.75) is 20.4 Å². The van der Waals surface area contributed by atoms with E-state index in [4.69, 9.17) is 4.74 Å². The van der Waals surface area contributed by atoms with Gasteiger partial charge < -0.3 is 9.64 Å². The Labute approximate surface area is 144 Å². The second-order valence-electron chi connectivity index (χ2n) is 5.79. The summed E-state index contributed by atoms with van der Waals surface area (Å²) in [6.07, 6.45) is 0. The number of H-pyrrole nitrogens is 2. The number of nitrogens with zero attached hydrogens (tertiary/aromatic N) is 5. The number of rotatable bonds is 5. The predicted octanol–water partition coefficient (Wildman–Crippen LogP) is -0.0291. The molecule has 1 fully saturated rings. The van der Waals surface area contributed by atoms with Crippen molar-refractivity contribution >= 4 is 11.9 Å². The molecule has 10 heteroatoms. The van der Waals surface area contributed by atoms with Crippen LogP contribution in [0.4, 0.5) is 0 Å². The van der Waals surface area contributed by atoms with Crippen LogP contribution in [0.2, 0.25) is 0 Å². The third-order valence-electron chi connectivity index (χ3n) is 3.96. The molecule has 2 aromatic heterocycles. The zero-order valence-electron chi connectivity index (χ0n) is 14.3. The van der Waals surface area contributed by atoms with Crippen LogP contribution in [-0.4, -0.2) is 79.8 Å². The molecule has 1 amide bonds. The van der Waals surface area contributed by atoms with Gasteiger partial charge in [-0.15, -0.1) is 0 Å². The van der Waals surface area contributed by atoms with Crippen molar-refractivity contribution in [3.05, 3.63) is 29.1 Å². The van der Waals surface area contributed by atoms with Gasteiger partial charge in [-0.1, -0.05) is 0 Å². The lowest BCUT2D eigenvalue weighted by atomic mass is 10.2. The highest BCUT2D eigenvalue weighted by atomic mass is 16.5. The largest absolute Gasteiger partial charge is 0.461 e. The van der Waals surface area contributed by atoms with Crippen molar-refractivity contribution in [2.75, 3.05) is 32.8 Å². The summed E-state index contributed by atoms with van der Waals surface area (Å²) in [5.41, 5.74) is 0.407. The Morgan fingerprint density at radius 2 is 1.96 bits per heavy atom. The van der Waals surface area contributed by atoms with E-state index in [0.717, 1.165) is 24.7 Å². The average molecular weight is 347 g/mol. The molecule has 134 valence electrons. The molecule has 2 N–H and O–H groups in total. The lowest BCUT2D eigenvalue weighted by molar-refractivity contribution is 0.0519. The van der Waals surface area contributed by atoms with Crippen LogP contribution in [0.5, 0.6) is 0 Å². The highest BCUT2D eigenvalue weighted by molar-refractivity contribution is 5.95. The number of aromatic amines is 2. The standard InChI is InChI=1S/C15H21N7O3/c1-3-25-15(24)12-8-11(18-19-12)14(23)22-6-4-21(5-7-22)9-13-16-10(2)17-20-13/h8H,3-7,9H2,1-2H3,(H,18,19)(H,16,17,20). The predicted molar refractivity (Wildman–Crippen MR) is 86.8 cm³/mol. The van der Waals surface area contributed by atoms with Gasteiger partial charge in [-0.05, 0) is 13.8 Å². The van der Waals surface area contributed by atoms with Crippen LogP contribution >= 0.6 is 0 Å². The van der Waals surface area contributed by atoms with Crippen LogP contribution in [0.15, 0.2) is 6.07 Å². The van der Waals surface area contributed by atoms with Crippen molar-refractivity contribution in [1.29, 1.82) is 0 Å². The molecule has 0 saturated carbocycles. The van der Waals surface area contributed by atoms with Gasteiger partial charge in [-0.25, -0.2) is 9.78 Å². The number of esters is 1. The van der Waals surface area contributed by atoms with E-state index in [1.165, 1.54) is 6.07 Å². The van der Waals surface area contributed by atoms with Crippen molar-refractivity contribution in [2.24, 2.45) is 0 Å². The van der Waals surface area contributed by atoms with Crippen molar-refractivity contribution in [3.63, 3.8) is 0 Å². The van der Waals surface area contributed by atoms with E-state index in [2.05, 4.69) is 30.3 Å². The molecular formula is C15H21N7O3. The highest BCUT2D eigenvalue weighted by Crippen LogP contribution is 2.10. The quantitative estimate of drug-likeness (QED) is 0.729. The van der Waals surface area contributed by atoms with E-state index in [1.54, 1.807) is 11.8 Å². The number of amides is 1. The summed E-state index contributed by atoms with van der Waals surface area (Å²) in [6.45, 7) is 7.15. The van der Waals surface area contributed by atoms with E-state index in [1.807, 2.05) is 6.92 Å². The zero-order chi connectivity index (χ0) is 17.8. The Bertz CT molecular complexity index is 746. The molecule has 3 heterocycles. The summed E-state index contributed by atoms with van der Waals surface area (Å²) in [7, 11) is 0. The number of aryl methyl sites for hydroxylation is 1. The number of piperazine rings is 1. The Morgan fingerprint density at radius 1 is 1.20 bits per heavy atom. The fourth-order valence-corrected chi connectivity index (χ4v) is 2.68. The minimum Gasteiger partial charge on any atom is -0.461 e. The molecule has 0 spiro atoms. The molecule has 0 unspecified atom stereocenters. The van der Waals surface area contributed by atoms with Gasteiger partial charge in [-0.2, -0.15) is 10.2 Å². The number of hydrogen-bond donors (Lipinski definition) is 2. The fourth-order valence-electron chi connectivity index (χ4n) is 2.68. The first kappa shape index (κ1) is 17.1. The molecule has 2 aromatic rings. The molecule has 0 bridgehead atoms. The summed E-state index contributed by atoms with van der Waals surface area (Å²) >= 11 is 0. The first-order chi connectivity index (χ1) is 12.1. The van der Waals surface area contributed by atoms with E-state index in [9.17, 15) is 9.59 Å². The molecule has 10 nitrogen and oxygen atoms in total. The summed E-state index contributed by atoms with van der Waals surface area (Å²) < 4.78 is 4.88. The van der Waals surface area contributed by atoms with Crippen LogP contribution in [0, 0.1) is 6.92 Å². The Morgan fingerprint density at radius 3 is 2.60 bits per heavy atom. The van der Waals surface area contributed by atoms with E-state index in [0.29, 0.717) is 19.6 Å². The smallest absolute Gasteiger partial charge is 0.356 e. The Hall–Kier alpha value is -2.75. The van der Waals surface area contributed by atoms with Gasteiger partial charge in [0, 0.05) is 32.2 Å². The number of carbonyl (C=O) groups excluding carboxylic acids is 2. The summed E-state index contributed by atoms with van der Waals surface area (Å²) in [5.74, 6) is 0.837. The third-order valence-corrected chi connectivity index (χ3v) is 3.96. The zero-order valence-corrected chi connectivity index (χ0v) is 14.3. The minimum atomic E-state index is -0.513. The number of nitrogens with one attached hydrogen (secondary N) is 2. The maximum atomic E-state index is 12.5. The molecule has 1 aliphatic heterocycles. The molecule has 3 rings (SSSR count). The van der Waals surface area contributed by atoms with E-state index < -0.39 is 5.97 Å². The minimum absolute atomic E-state index is 0.184. The first-order valence-electron chi connectivity index (χ1n) is 8.19. The van der Waals surface area contributed by atoms with Crippen LogP contribution in [0.1, 0.15) is 39.5 Å². The summed E-state index contributed by atoms with van der Waals surface area (Å²) in [6, 6.07) is 1.43. The van der Waals surface area contributed by atoms with Crippen LogP contribution in [0.3, 0.4) is 0 Å². The maximum absolute atomic E-state index is 12.5. The van der Waals surface area contributed by atoms with Gasteiger partial charge in [0.2, 0.25) is 0 Å². The molecule has 0 aliphatic carbocycles. The molecule has 0 aromatic carbocycles. The molecular weight excluding hydrogens is 326 g/mol. The molecule has 1 saturated heterocycles. The van der Waals surface area contributed by atoms with Crippen LogP contribution in [0.25, 0.3) is 0 Å². The van der Waals surface area contributed by atoms with Gasteiger partial charge in [0.25, 0.3) is 5.91 Å². The maximum Gasteiger partial charge on any atom is 0.356 e. The monoisotopic (exact) mass is 347 g/mol. The van der Waals surface area contributed by atoms with Gasteiger partial charge in [0.1, 0.15) is 11.5 Å². The lowest BCUT2D eigenvalue weighted by Gasteiger charge is -2.33. The van der Waals surface area contributed by atoms with Gasteiger partial charge in [0.05, 0.1) is 13.2 Å². The summed E-state index contributed by atoms with van der Waals surface area (Å²) in [4.78, 5) is 32.4. The molecule has 1 aliphatic rings. The lowest BCUT2D eigenvalue weighted by Crippen LogP contribution is -2.48. The average Bonchev–Trinajstić information content (AvgIpc) is 3.24. The number of hydrogen-bond acceptors (Lipinski definition) is 7. The van der Waals surface area contributed by atoms with Crippen LogP contribution in [-0.2, 0) is 11.3 Å². The van der Waals surface area contributed by atoms with Crippen molar-refractivity contribution in [3.8, 4) is 0 Å². The summed E-state index contributed by atoms with van der Waals surface area (Å²) in [5, 5.41) is 13.4. The SMILES string of the molecule is CCOC(=O)c1cc(C(=O)N2CCN(Cc3n[nH]c(C)n3)CC2)n[nH]1. The normalized spacial score (nSPS) is 15.4. The number of ether oxygens (including phenoxy) is 1. The number of aromatic nitrogens is 5. The van der Waals surface area contributed by atoms with E-state index in [-0.39, 0.29) is 23.9 Å². The second-order valence-corrected chi connectivity index (χ2v) is 5.79. The highest BCUT2D eigenvalue weighted by Gasteiger charge is 2.25. The van der Waals surface area contributed by atoms with Gasteiger partial charge >= 0.3 is 5.97 Å². The molecule has 25 heavy (non-hydrogen) atoms. The van der Waals surface area contributed by atoms with E-state index >= 15 is 0 Å². The fraction of sp³-hybridized carbons (Fsp3) is 0.533. The van der Waals surface area contributed by atoms with Gasteiger partial charge in [-0.3, -0.25) is 19.9 Å². The number of carbonyl (C=O) groups is 2. The topological polar surface area (TPSA) is 120 Å². The third kappa shape index (κ3) is 4.02. The van der Waals surface area contributed by atoms with Crippen LogP contribution < -0.4 is 0 Å². The van der Waals surface area contributed by atoms with Crippen molar-refractivity contribution in [1.82, 2.24) is 35.2 Å². The first-order valence-corrected chi connectivity index (χ1v) is 8.19. The Kier molecular flexibility index (Phi) is 5.08. The Balaban J connectivity index is 1.53. The molecule has 0 radical (unpaired) electrons. The van der Waals surface area contributed by atoms with Crippen molar-refractivity contribution < 1.29 is 14.3 Å². The molecule has 0 atom stereocenters. The second kappa shape index (κ2) is 7.43.